The molecule has 0 aliphatic heterocycles. The Morgan fingerprint density at radius 2 is 1.88 bits per heavy atom. The van der Waals surface area contributed by atoms with E-state index in [1.165, 1.54) is 0 Å². The van der Waals surface area contributed by atoms with Crippen molar-refractivity contribution in [2.45, 2.75) is 51.6 Å². The maximum Gasteiger partial charge on any atom is 0.270 e. The maximum absolute atomic E-state index is 12.5. The maximum atomic E-state index is 12.5. The highest BCUT2D eigenvalue weighted by atomic mass is 16.3. The van der Waals surface area contributed by atoms with Crippen LogP contribution in [0.3, 0.4) is 0 Å². The molecule has 0 saturated heterocycles. The SMILES string of the molecule is CC(C)(CO)C(=O)NC1CCC(NC(=O)c2[nH]nc3ncccc23)CC1. The average Bonchev–Trinajstić information content (AvgIpc) is 3.07. The van der Waals surface area contributed by atoms with Gasteiger partial charge in [-0.1, -0.05) is 0 Å². The topological polar surface area (TPSA) is 120 Å². The molecule has 1 aliphatic carbocycles. The van der Waals surface area contributed by atoms with Crippen LogP contribution in [-0.4, -0.2) is 50.8 Å². The van der Waals surface area contributed by atoms with E-state index in [9.17, 15) is 14.7 Å². The number of aliphatic hydroxyl groups is 1. The van der Waals surface area contributed by atoms with Gasteiger partial charge in [0.1, 0.15) is 5.69 Å². The average molecular weight is 359 g/mol. The standard InChI is InChI=1S/C18H25N5O3/c1-18(2,10-24)17(26)21-12-7-5-11(6-8-12)20-16(25)14-13-4-3-9-19-15(13)23-22-14/h3-4,9,11-12,24H,5-8,10H2,1-2H3,(H,20,25)(H,21,26)(H,19,22,23). The van der Waals surface area contributed by atoms with Gasteiger partial charge in [0.05, 0.1) is 17.4 Å². The van der Waals surface area contributed by atoms with E-state index < -0.39 is 5.41 Å². The van der Waals surface area contributed by atoms with Crippen molar-refractivity contribution in [3.05, 3.63) is 24.0 Å². The Labute approximate surface area is 151 Å². The predicted molar refractivity (Wildman–Crippen MR) is 96.4 cm³/mol. The monoisotopic (exact) mass is 359 g/mol. The van der Waals surface area contributed by atoms with Crippen LogP contribution in [0.5, 0.6) is 0 Å². The summed E-state index contributed by atoms with van der Waals surface area (Å²) in [5.41, 5.74) is 0.171. The van der Waals surface area contributed by atoms with Crippen molar-refractivity contribution in [1.29, 1.82) is 0 Å². The van der Waals surface area contributed by atoms with Crippen LogP contribution in [0.1, 0.15) is 50.0 Å². The number of aromatic nitrogens is 3. The smallest absolute Gasteiger partial charge is 0.270 e. The predicted octanol–water partition coefficient (Wildman–Crippen LogP) is 1.13. The minimum atomic E-state index is -0.777. The van der Waals surface area contributed by atoms with Gasteiger partial charge in [0.2, 0.25) is 5.91 Å². The summed E-state index contributed by atoms with van der Waals surface area (Å²) in [5, 5.41) is 22.8. The van der Waals surface area contributed by atoms with Crippen molar-refractivity contribution < 1.29 is 14.7 Å². The molecular formula is C18H25N5O3. The van der Waals surface area contributed by atoms with Crippen molar-refractivity contribution in [2.75, 3.05) is 6.61 Å². The Kier molecular flexibility index (Phi) is 5.22. The first-order valence-electron chi connectivity index (χ1n) is 8.92. The lowest BCUT2D eigenvalue weighted by atomic mass is 9.88. The van der Waals surface area contributed by atoms with Gasteiger partial charge in [0, 0.05) is 18.3 Å². The van der Waals surface area contributed by atoms with Crippen molar-refractivity contribution >= 4 is 22.8 Å². The molecule has 0 radical (unpaired) electrons. The van der Waals surface area contributed by atoms with Crippen molar-refractivity contribution in [2.24, 2.45) is 5.41 Å². The number of aliphatic hydroxyl groups excluding tert-OH is 1. The zero-order valence-electron chi connectivity index (χ0n) is 15.1. The molecule has 8 nitrogen and oxygen atoms in total. The quantitative estimate of drug-likeness (QED) is 0.638. The van der Waals surface area contributed by atoms with Crippen LogP contribution in [0.2, 0.25) is 0 Å². The number of aromatic amines is 1. The van der Waals surface area contributed by atoms with Gasteiger partial charge >= 0.3 is 0 Å². The molecule has 26 heavy (non-hydrogen) atoms. The number of pyridine rings is 1. The lowest BCUT2D eigenvalue weighted by Gasteiger charge is -2.32. The molecule has 3 rings (SSSR count). The van der Waals surface area contributed by atoms with Crippen LogP contribution in [0, 0.1) is 5.41 Å². The molecule has 1 saturated carbocycles. The molecule has 2 heterocycles. The van der Waals surface area contributed by atoms with Gasteiger partial charge in [-0.25, -0.2) is 4.98 Å². The fraction of sp³-hybridized carbons (Fsp3) is 0.556. The highest BCUT2D eigenvalue weighted by molar-refractivity contribution is 6.03. The molecule has 1 aliphatic rings. The first-order valence-corrected chi connectivity index (χ1v) is 8.92. The number of nitrogens with one attached hydrogen (secondary N) is 3. The number of fused-ring (bicyclic) bond motifs is 1. The van der Waals surface area contributed by atoms with E-state index in [1.807, 2.05) is 6.07 Å². The second-order valence-electron chi connectivity index (χ2n) is 7.51. The van der Waals surface area contributed by atoms with Crippen LogP contribution in [0.25, 0.3) is 11.0 Å². The van der Waals surface area contributed by atoms with E-state index >= 15 is 0 Å². The third-order valence-electron chi connectivity index (χ3n) is 4.96. The minimum Gasteiger partial charge on any atom is -0.395 e. The van der Waals surface area contributed by atoms with E-state index in [0.29, 0.717) is 16.7 Å². The largest absolute Gasteiger partial charge is 0.395 e. The van der Waals surface area contributed by atoms with Gasteiger partial charge < -0.3 is 15.7 Å². The van der Waals surface area contributed by atoms with E-state index in [2.05, 4.69) is 25.8 Å². The highest BCUT2D eigenvalue weighted by Crippen LogP contribution is 2.22. The summed E-state index contributed by atoms with van der Waals surface area (Å²) in [6.45, 7) is 3.26. The Morgan fingerprint density at radius 3 is 2.54 bits per heavy atom. The number of hydrogen-bond donors (Lipinski definition) is 4. The lowest BCUT2D eigenvalue weighted by Crippen LogP contribution is -2.48. The molecule has 140 valence electrons. The third-order valence-corrected chi connectivity index (χ3v) is 4.96. The van der Waals surface area contributed by atoms with Gasteiger partial charge in [-0.15, -0.1) is 0 Å². The van der Waals surface area contributed by atoms with Crippen LogP contribution < -0.4 is 10.6 Å². The Hall–Kier alpha value is -2.48. The number of H-pyrrole nitrogens is 1. The third kappa shape index (κ3) is 3.85. The number of carbonyl (C=O) groups excluding carboxylic acids is 2. The van der Waals surface area contributed by atoms with Crippen molar-refractivity contribution in [3.63, 3.8) is 0 Å². The molecule has 0 bridgehead atoms. The van der Waals surface area contributed by atoms with Gasteiger partial charge in [0.15, 0.2) is 5.65 Å². The zero-order valence-corrected chi connectivity index (χ0v) is 15.1. The fourth-order valence-corrected chi connectivity index (χ4v) is 3.12. The van der Waals surface area contributed by atoms with Gasteiger partial charge in [-0.3, -0.25) is 14.7 Å². The van der Waals surface area contributed by atoms with Crippen LogP contribution >= 0.6 is 0 Å². The van der Waals surface area contributed by atoms with E-state index in [4.69, 9.17) is 0 Å². The summed E-state index contributed by atoms with van der Waals surface area (Å²) in [5.74, 6) is -0.321. The number of amides is 2. The number of nitrogens with zero attached hydrogens (tertiary/aromatic N) is 2. The molecule has 2 amide bonds. The summed E-state index contributed by atoms with van der Waals surface area (Å²) in [4.78, 5) is 28.8. The van der Waals surface area contributed by atoms with Crippen LogP contribution in [0.15, 0.2) is 18.3 Å². The van der Waals surface area contributed by atoms with E-state index in [1.54, 1.807) is 26.1 Å². The molecule has 0 aromatic carbocycles. The molecular weight excluding hydrogens is 334 g/mol. The van der Waals surface area contributed by atoms with Gasteiger partial charge in [-0.2, -0.15) is 5.10 Å². The van der Waals surface area contributed by atoms with E-state index in [0.717, 1.165) is 25.7 Å². The first kappa shape index (κ1) is 18.3. The Morgan fingerprint density at radius 1 is 1.23 bits per heavy atom. The van der Waals surface area contributed by atoms with Gasteiger partial charge in [0.25, 0.3) is 5.91 Å². The van der Waals surface area contributed by atoms with Crippen LogP contribution in [-0.2, 0) is 4.79 Å². The van der Waals surface area contributed by atoms with E-state index in [-0.39, 0.29) is 30.5 Å². The molecule has 1 fully saturated rings. The summed E-state index contributed by atoms with van der Waals surface area (Å²) < 4.78 is 0. The minimum absolute atomic E-state index is 0.0662. The number of carbonyl (C=O) groups is 2. The molecule has 2 aromatic heterocycles. The summed E-state index contributed by atoms with van der Waals surface area (Å²) in [6.07, 6.45) is 4.81. The molecule has 0 spiro atoms. The van der Waals surface area contributed by atoms with Crippen molar-refractivity contribution in [3.8, 4) is 0 Å². The lowest BCUT2D eigenvalue weighted by molar-refractivity contribution is -0.132. The van der Waals surface area contributed by atoms with Crippen LogP contribution in [0.4, 0.5) is 0 Å². The second kappa shape index (κ2) is 7.41. The molecule has 0 unspecified atom stereocenters. The summed E-state index contributed by atoms with van der Waals surface area (Å²) >= 11 is 0. The zero-order chi connectivity index (χ0) is 18.7. The Bertz CT molecular complexity index is 793. The first-order chi connectivity index (χ1) is 12.4. The summed E-state index contributed by atoms with van der Waals surface area (Å²) in [7, 11) is 0. The van der Waals surface area contributed by atoms with Crippen molar-refractivity contribution in [1.82, 2.24) is 25.8 Å². The highest BCUT2D eigenvalue weighted by Gasteiger charge is 2.30. The normalized spacial score (nSPS) is 20.7. The summed E-state index contributed by atoms with van der Waals surface area (Å²) in [6, 6.07) is 3.74. The Balaban J connectivity index is 1.53. The number of rotatable bonds is 5. The second-order valence-corrected chi connectivity index (χ2v) is 7.51. The fourth-order valence-electron chi connectivity index (χ4n) is 3.12. The number of hydrogen-bond acceptors (Lipinski definition) is 5. The molecule has 4 N–H and O–H groups in total. The molecule has 8 heteroatoms. The molecule has 0 atom stereocenters. The molecule has 2 aromatic rings. The van der Waals surface area contributed by atoms with Gasteiger partial charge in [-0.05, 0) is 51.7 Å².